The largest absolute Gasteiger partial charge is 0.341 e. The summed E-state index contributed by atoms with van der Waals surface area (Å²) in [4.78, 5) is 15.0. The number of anilines is 1. The van der Waals surface area contributed by atoms with Crippen molar-refractivity contribution in [2.75, 3.05) is 23.7 Å². The van der Waals surface area contributed by atoms with Crippen molar-refractivity contribution in [3.05, 3.63) is 64.7 Å². The highest BCUT2D eigenvalue weighted by molar-refractivity contribution is 7.92. The topological polar surface area (TPSA) is 57.7 Å². The highest BCUT2D eigenvalue weighted by atomic mass is 35.5. The van der Waals surface area contributed by atoms with Crippen molar-refractivity contribution in [3.8, 4) is 0 Å². The van der Waals surface area contributed by atoms with Crippen molar-refractivity contribution in [3.63, 3.8) is 0 Å². The van der Waals surface area contributed by atoms with E-state index >= 15 is 0 Å². The quantitative estimate of drug-likeness (QED) is 0.662. The molecule has 2 aromatic rings. The van der Waals surface area contributed by atoms with Crippen molar-refractivity contribution in [2.24, 2.45) is 5.92 Å². The molecule has 1 aliphatic heterocycles. The number of rotatable bonds is 6. The smallest absolute Gasteiger partial charge is 0.246 e. The first kappa shape index (κ1) is 22.6. The maximum absolute atomic E-state index is 13.2. The van der Waals surface area contributed by atoms with Gasteiger partial charge in [-0.1, -0.05) is 48.0 Å². The molecule has 0 saturated carbocycles. The van der Waals surface area contributed by atoms with Crippen LogP contribution in [-0.4, -0.2) is 44.6 Å². The zero-order valence-corrected chi connectivity index (χ0v) is 19.3. The van der Waals surface area contributed by atoms with Crippen molar-refractivity contribution >= 4 is 33.2 Å². The Hall–Kier alpha value is -2.05. The first-order chi connectivity index (χ1) is 14.2. The molecule has 0 aromatic heterocycles. The molecule has 1 heterocycles. The summed E-state index contributed by atoms with van der Waals surface area (Å²) in [5, 5.41) is 0.475. The molecule has 5 nitrogen and oxygen atoms in total. The number of halogens is 1. The summed E-state index contributed by atoms with van der Waals surface area (Å²) >= 11 is 6.21. The van der Waals surface area contributed by atoms with Crippen molar-refractivity contribution in [1.29, 1.82) is 0 Å². The standard InChI is InChI=1S/C23H29ClN2O3S/c1-17-9-10-21(16-22(17)24)26(30(3,28)29)18(2)23(27)25-13-11-20(12-14-25)15-19-7-5-4-6-8-19/h4-10,16,18,20H,11-15H2,1-3H3/t18-/m0/s1. The zero-order chi connectivity index (χ0) is 21.9. The Morgan fingerprint density at radius 3 is 2.37 bits per heavy atom. The first-order valence-corrected chi connectivity index (χ1v) is 12.5. The highest BCUT2D eigenvalue weighted by Gasteiger charge is 2.33. The van der Waals surface area contributed by atoms with Gasteiger partial charge in [-0.3, -0.25) is 9.10 Å². The molecule has 1 amide bonds. The second-order valence-electron chi connectivity index (χ2n) is 8.13. The van der Waals surface area contributed by atoms with Gasteiger partial charge in [-0.25, -0.2) is 8.42 Å². The van der Waals surface area contributed by atoms with Gasteiger partial charge in [-0.15, -0.1) is 0 Å². The Morgan fingerprint density at radius 1 is 1.17 bits per heavy atom. The number of carbonyl (C=O) groups excluding carboxylic acids is 1. The fourth-order valence-corrected chi connectivity index (χ4v) is 5.43. The molecule has 2 aromatic carbocycles. The number of aryl methyl sites for hydroxylation is 1. The lowest BCUT2D eigenvalue weighted by molar-refractivity contribution is -0.133. The van der Waals surface area contributed by atoms with Crippen LogP contribution in [0.4, 0.5) is 5.69 Å². The second-order valence-corrected chi connectivity index (χ2v) is 10.4. The molecule has 0 N–H and O–H groups in total. The van der Waals surface area contributed by atoms with Crippen LogP contribution in [0.25, 0.3) is 0 Å². The number of likely N-dealkylation sites (tertiary alicyclic amines) is 1. The molecule has 0 bridgehead atoms. The van der Waals surface area contributed by atoms with Crippen LogP contribution in [0, 0.1) is 12.8 Å². The number of piperidine rings is 1. The lowest BCUT2D eigenvalue weighted by Crippen LogP contribution is -2.51. The minimum atomic E-state index is -3.65. The van der Waals surface area contributed by atoms with E-state index in [9.17, 15) is 13.2 Å². The fourth-order valence-electron chi connectivity index (χ4n) is 4.09. The van der Waals surface area contributed by atoms with Crippen LogP contribution in [0.15, 0.2) is 48.5 Å². The summed E-state index contributed by atoms with van der Waals surface area (Å²) in [6.45, 7) is 4.79. The molecule has 162 valence electrons. The lowest BCUT2D eigenvalue weighted by Gasteiger charge is -2.36. The minimum Gasteiger partial charge on any atom is -0.341 e. The van der Waals surface area contributed by atoms with E-state index in [-0.39, 0.29) is 5.91 Å². The molecule has 0 aliphatic carbocycles. The zero-order valence-electron chi connectivity index (χ0n) is 17.7. The molecule has 0 radical (unpaired) electrons. The van der Waals surface area contributed by atoms with E-state index in [4.69, 9.17) is 11.6 Å². The maximum Gasteiger partial charge on any atom is 0.246 e. The van der Waals surface area contributed by atoms with Crippen LogP contribution >= 0.6 is 11.6 Å². The minimum absolute atomic E-state index is 0.171. The normalized spacial score (nSPS) is 16.3. The summed E-state index contributed by atoms with van der Waals surface area (Å²) < 4.78 is 26.2. The van der Waals surface area contributed by atoms with Crippen molar-refractivity contribution in [2.45, 2.75) is 39.2 Å². The van der Waals surface area contributed by atoms with E-state index in [1.54, 1.807) is 30.0 Å². The number of carbonyl (C=O) groups is 1. The number of hydrogen-bond acceptors (Lipinski definition) is 3. The van der Waals surface area contributed by atoms with Crippen LogP contribution < -0.4 is 4.31 Å². The third-order valence-corrected chi connectivity index (χ3v) is 7.42. The summed E-state index contributed by atoms with van der Waals surface area (Å²) in [6.07, 6.45) is 3.97. The molecule has 0 unspecified atom stereocenters. The maximum atomic E-state index is 13.2. The molecule has 7 heteroatoms. The van der Waals surface area contributed by atoms with Crippen LogP contribution in [0.1, 0.15) is 30.9 Å². The summed E-state index contributed by atoms with van der Waals surface area (Å²) in [5.41, 5.74) is 2.58. The molecular weight excluding hydrogens is 420 g/mol. The molecule has 1 fully saturated rings. The van der Waals surface area contributed by atoms with Gasteiger partial charge in [0.05, 0.1) is 11.9 Å². The Bertz CT molecular complexity index is 987. The van der Waals surface area contributed by atoms with Gasteiger partial charge < -0.3 is 4.90 Å². The van der Waals surface area contributed by atoms with E-state index in [1.165, 1.54) is 9.87 Å². The van der Waals surface area contributed by atoms with Crippen LogP contribution in [0.2, 0.25) is 5.02 Å². The number of hydrogen-bond donors (Lipinski definition) is 0. The number of amides is 1. The average molecular weight is 449 g/mol. The predicted octanol–water partition coefficient (Wildman–Crippen LogP) is 4.28. The lowest BCUT2D eigenvalue weighted by atomic mass is 9.90. The van der Waals surface area contributed by atoms with Crippen LogP contribution in [0.5, 0.6) is 0 Å². The Labute approximate surface area is 184 Å². The second kappa shape index (κ2) is 9.40. The highest BCUT2D eigenvalue weighted by Crippen LogP contribution is 2.28. The molecule has 1 atom stereocenters. The van der Waals surface area contributed by atoms with Gasteiger partial charge in [0.25, 0.3) is 0 Å². The predicted molar refractivity (Wildman–Crippen MR) is 122 cm³/mol. The average Bonchev–Trinajstić information content (AvgIpc) is 2.70. The Balaban J connectivity index is 1.69. The van der Waals surface area contributed by atoms with Crippen LogP contribution in [-0.2, 0) is 21.2 Å². The van der Waals surface area contributed by atoms with E-state index in [1.807, 2.05) is 25.1 Å². The van der Waals surface area contributed by atoms with Crippen molar-refractivity contribution < 1.29 is 13.2 Å². The van der Waals surface area contributed by atoms with Gasteiger partial charge in [0, 0.05) is 18.1 Å². The molecular formula is C23H29ClN2O3S. The molecule has 0 spiro atoms. The van der Waals surface area contributed by atoms with Gasteiger partial charge in [0.15, 0.2) is 0 Å². The van der Waals surface area contributed by atoms with Gasteiger partial charge in [0.1, 0.15) is 6.04 Å². The molecule has 30 heavy (non-hydrogen) atoms. The molecule has 1 saturated heterocycles. The third-order valence-electron chi connectivity index (χ3n) is 5.77. The van der Waals surface area contributed by atoms with E-state index in [0.29, 0.717) is 29.7 Å². The van der Waals surface area contributed by atoms with Crippen LogP contribution in [0.3, 0.4) is 0 Å². The van der Waals surface area contributed by atoms with E-state index < -0.39 is 16.1 Å². The van der Waals surface area contributed by atoms with Gasteiger partial charge in [0.2, 0.25) is 15.9 Å². The Kier molecular flexibility index (Phi) is 7.09. The molecule has 3 rings (SSSR count). The number of benzene rings is 2. The summed E-state index contributed by atoms with van der Waals surface area (Å²) in [7, 11) is -3.65. The van der Waals surface area contributed by atoms with E-state index in [2.05, 4.69) is 12.1 Å². The summed E-state index contributed by atoms with van der Waals surface area (Å²) in [6, 6.07) is 14.6. The Morgan fingerprint density at radius 2 is 1.80 bits per heavy atom. The van der Waals surface area contributed by atoms with Gasteiger partial charge >= 0.3 is 0 Å². The first-order valence-electron chi connectivity index (χ1n) is 10.2. The monoisotopic (exact) mass is 448 g/mol. The number of nitrogens with zero attached hydrogens (tertiary/aromatic N) is 2. The summed E-state index contributed by atoms with van der Waals surface area (Å²) in [5.74, 6) is 0.365. The number of sulfonamides is 1. The molecule has 1 aliphatic rings. The van der Waals surface area contributed by atoms with Gasteiger partial charge in [-0.05, 0) is 62.3 Å². The van der Waals surface area contributed by atoms with Gasteiger partial charge in [-0.2, -0.15) is 0 Å². The fraction of sp³-hybridized carbons (Fsp3) is 0.435. The van der Waals surface area contributed by atoms with Crippen molar-refractivity contribution in [1.82, 2.24) is 4.90 Å². The SMILES string of the molecule is Cc1ccc(N([C@@H](C)C(=O)N2CCC(Cc3ccccc3)CC2)S(C)(=O)=O)cc1Cl. The van der Waals surface area contributed by atoms with E-state index in [0.717, 1.165) is 31.1 Å². The third kappa shape index (κ3) is 5.35.